The van der Waals surface area contributed by atoms with Gasteiger partial charge in [0.25, 0.3) is 5.91 Å². The molecule has 0 spiro atoms. The van der Waals surface area contributed by atoms with Gasteiger partial charge < -0.3 is 10.6 Å². The zero-order chi connectivity index (χ0) is 14.1. The Balaban J connectivity index is 1.83. The highest BCUT2D eigenvalue weighted by Crippen LogP contribution is 2.32. The van der Waals surface area contributed by atoms with Gasteiger partial charge in [0.1, 0.15) is 10.7 Å². The van der Waals surface area contributed by atoms with Gasteiger partial charge in [-0.1, -0.05) is 0 Å². The van der Waals surface area contributed by atoms with E-state index in [4.69, 9.17) is 5.73 Å². The zero-order valence-corrected chi connectivity index (χ0v) is 12.1. The minimum atomic E-state index is -0.00713. The van der Waals surface area contributed by atoms with Gasteiger partial charge in [0.05, 0.1) is 12.2 Å². The van der Waals surface area contributed by atoms with E-state index in [-0.39, 0.29) is 11.9 Å². The first-order valence-corrected chi connectivity index (χ1v) is 7.51. The summed E-state index contributed by atoms with van der Waals surface area (Å²) in [5.41, 5.74) is 7.15. The van der Waals surface area contributed by atoms with Crippen molar-refractivity contribution in [2.24, 2.45) is 12.8 Å². The number of hydrogen-bond donors (Lipinski definition) is 1. The lowest BCUT2D eigenvalue weighted by Gasteiger charge is -2.22. The number of nitrogens with zero attached hydrogens (tertiary/aromatic N) is 4. The standard InChI is InChI=1S/C13H17N5OS/c1-17-7-9(6-15-17)11-3-2-4-18(11)13(19)10-8-20-12(5-14)16-10/h6-8,11H,2-5,14H2,1H3. The number of likely N-dealkylation sites (tertiary alicyclic amines) is 1. The van der Waals surface area contributed by atoms with Crippen molar-refractivity contribution in [2.45, 2.75) is 25.4 Å². The van der Waals surface area contributed by atoms with Crippen LogP contribution in [0.25, 0.3) is 0 Å². The summed E-state index contributed by atoms with van der Waals surface area (Å²) in [6.07, 6.45) is 5.80. The fourth-order valence-electron chi connectivity index (χ4n) is 2.62. The molecule has 0 aliphatic carbocycles. The van der Waals surface area contributed by atoms with Crippen molar-refractivity contribution in [2.75, 3.05) is 6.54 Å². The molecule has 2 aromatic heterocycles. The van der Waals surface area contributed by atoms with Crippen LogP contribution in [0.1, 0.15) is 39.9 Å². The summed E-state index contributed by atoms with van der Waals surface area (Å²) < 4.78 is 1.77. The summed E-state index contributed by atoms with van der Waals surface area (Å²) in [5, 5.41) is 6.79. The van der Waals surface area contributed by atoms with Crippen LogP contribution in [0.2, 0.25) is 0 Å². The van der Waals surface area contributed by atoms with Crippen LogP contribution in [0, 0.1) is 0 Å². The van der Waals surface area contributed by atoms with Gasteiger partial charge in [-0.05, 0) is 12.8 Å². The molecule has 7 heteroatoms. The van der Waals surface area contributed by atoms with Crippen LogP contribution in [-0.2, 0) is 13.6 Å². The number of aryl methyl sites for hydroxylation is 1. The van der Waals surface area contributed by atoms with Gasteiger partial charge in [-0.25, -0.2) is 4.98 Å². The lowest BCUT2D eigenvalue weighted by molar-refractivity contribution is 0.0730. The smallest absolute Gasteiger partial charge is 0.273 e. The average Bonchev–Trinajstić information content (AvgIpc) is 3.17. The average molecular weight is 291 g/mol. The minimum absolute atomic E-state index is 0.00713. The number of rotatable bonds is 3. The SMILES string of the molecule is Cn1cc(C2CCCN2C(=O)c2csc(CN)n2)cn1. The molecular weight excluding hydrogens is 274 g/mol. The van der Waals surface area contributed by atoms with E-state index in [2.05, 4.69) is 10.1 Å². The first kappa shape index (κ1) is 13.3. The summed E-state index contributed by atoms with van der Waals surface area (Å²) in [5.74, 6) is -0.00713. The number of carbonyl (C=O) groups excluding carboxylic acids is 1. The number of amides is 1. The zero-order valence-electron chi connectivity index (χ0n) is 11.3. The Morgan fingerprint density at radius 1 is 1.60 bits per heavy atom. The van der Waals surface area contributed by atoms with E-state index in [0.29, 0.717) is 12.2 Å². The summed E-state index contributed by atoms with van der Waals surface area (Å²) in [7, 11) is 1.89. The topological polar surface area (TPSA) is 77.0 Å². The predicted molar refractivity (Wildman–Crippen MR) is 76.2 cm³/mol. The maximum absolute atomic E-state index is 12.6. The van der Waals surface area contributed by atoms with Crippen LogP contribution in [0.5, 0.6) is 0 Å². The molecule has 0 saturated carbocycles. The maximum atomic E-state index is 12.6. The van der Waals surface area contributed by atoms with Gasteiger partial charge in [0, 0.05) is 37.3 Å². The van der Waals surface area contributed by atoms with E-state index < -0.39 is 0 Å². The molecule has 2 N–H and O–H groups in total. The second-order valence-corrected chi connectivity index (χ2v) is 5.88. The highest BCUT2D eigenvalue weighted by molar-refractivity contribution is 7.09. The molecule has 1 aliphatic rings. The summed E-state index contributed by atoms with van der Waals surface area (Å²) in [6, 6.07) is 0.110. The first-order valence-electron chi connectivity index (χ1n) is 6.63. The molecule has 1 aliphatic heterocycles. The van der Waals surface area contributed by atoms with Gasteiger partial charge >= 0.3 is 0 Å². The number of aromatic nitrogens is 3. The van der Waals surface area contributed by atoms with Gasteiger partial charge in [-0.2, -0.15) is 5.10 Å². The molecule has 1 amide bonds. The Labute approximate surface area is 121 Å². The van der Waals surface area contributed by atoms with Gasteiger partial charge in [-0.3, -0.25) is 9.48 Å². The largest absolute Gasteiger partial charge is 0.330 e. The second-order valence-electron chi connectivity index (χ2n) is 4.93. The molecular formula is C13H17N5OS. The molecule has 1 atom stereocenters. The Morgan fingerprint density at radius 2 is 2.45 bits per heavy atom. The van der Waals surface area contributed by atoms with Crippen molar-refractivity contribution >= 4 is 17.2 Å². The van der Waals surface area contributed by atoms with Crippen LogP contribution < -0.4 is 5.73 Å². The molecule has 1 fully saturated rings. The fraction of sp³-hybridized carbons (Fsp3) is 0.462. The van der Waals surface area contributed by atoms with Gasteiger partial charge in [-0.15, -0.1) is 11.3 Å². The summed E-state index contributed by atoms with van der Waals surface area (Å²) in [6.45, 7) is 1.15. The molecule has 0 radical (unpaired) electrons. The molecule has 3 rings (SSSR count). The fourth-order valence-corrected chi connectivity index (χ4v) is 3.27. The van der Waals surface area contributed by atoms with Crippen molar-refractivity contribution in [1.82, 2.24) is 19.7 Å². The molecule has 0 bridgehead atoms. The molecule has 20 heavy (non-hydrogen) atoms. The summed E-state index contributed by atoms with van der Waals surface area (Å²) in [4.78, 5) is 18.8. The lowest BCUT2D eigenvalue weighted by Crippen LogP contribution is -2.30. The molecule has 0 aromatic carbocycles. The monoisotopic (exact) mass is 291 g/mol. The third-order valence-corrected chi connectivity index (χ3v) is 4.44. The van der Waals surface area contributed by atoms with Crippen LogP contribution in [-0.4, -0.2) is 32.1 Å². The van der Waals surface area contributed by atoms with Crippen LogP contribution >= 0.6 is 11.3 Å². The normalized spacial score (nSPS) is 18.7. The molecule has 3 heterocycles. The highest BCUT2D eigenvalue weighted by Gasteiger charge is 2.32. The molecule has 2 aromatic rings. The third-order valence-electron chi connectivity index (χ3n) is 3.57. The third kappa shape index (κ3) is 2.34. The number of hydrogen-bond acceptors (Lipinski definition) is 5. The van der Waals surface area contributed by atoms with Crippen molar-refractivity contribution in [3.8, 4) is 0 Å². The number of thiazole rings is 1. The number of carbonyl (C=O) groups is 1. The van der Waals surface area contributed by atoms with E-state index in [0.717, 1.165) is 30.0 Å². The second kappa shape index (κ2) is 5.34. The number of nitrogens with two attached hydrogens (primary N) is 1. The molecule has 1 saturated heterocycles. The van der Waals surface area contributed by atoms with Crippen molar-refractivity contribution in [3.63, 3.8) is 0 Å². The van der Waals surface area contributed by atoms with E-state index in [1.807, 2.05) is 24.3 Å². The van der Waals surface area contributed by atoms with Crippen LogP contribution in [0.15, 0.2) is 17.8 Å². The van der Waals surface area contributed by atoms with E-state index in [9.17, 15) is 4.79 Å². The van der Waals surface area contributed by atoms with Crippen LogP contribution in [0.4, 0.5) is 0 Å². The first-order chi connectivity index (χ1) is 9.69. The Morgan fingerprint density at radius 3 is 3.10 bits per heavy atom. The van der Waals surface area contributed by atoms with Gasteiger partial charge in [0.2, 0.25) is 0 Å². The molecule has 1 unspecified atom stereocenters. The molecule has 6 nitrogen and oxygen atoms in total. The Hall–Kier alpha value is -1.73. The van der Waals surface area contributed by atoms with Crippen LogP contribution in [0.3, 0.4) is 0 Å². The van der Waals surface area contributed by atoms with Crippen molar-refractivity contribution in [1.29, 1.82) is 0 Å². The maximum Gasteiger partial charge on any atom is 0.273 e. The minimum Gasteiger partial charge on any atom is -0.330 e. The highest BCUT2D eigenvalue weighted by atomic mass is 32.1. The van der Waals surface area contributed by atoms with E-state index in [1.165, 1.54) is 11.3 Å². The molecule has 106 valence electrons. The van der Waals surface area contributed by atoms with E-state index in [1.54, 1.807) is 10.1 Å². The summed E-state index contributed by atoms with van der Waals surface area (Å²) >= 11 is 1.44. The predicted octanol–water partition coefficient (Wildman–Crippen LogP) is 1.31. The van der Waals surface area contributed by atoms with Crippen molar-refractivity contribution < 1.29 is 4.79 Å². The lowest BCUT2D eigenvalue weighted by atomic mass is 10.1. The Kier molecular flexibility index (Phi) is 3.54. The van der Waals surface area contributed by atoms with E-state index >= 15 is 0 Å². The van der Waals surface area contributed by atoms with Crippen molar-refractivity contribution in [3.05, 3.63) is 34.0 Å². The quantitative estimate of drug-likeness (QED) is 0.925. The Bertz CT molecular complexity index is 620. The van der Waals surface area contributed by atoms with Gasteiger partial charge in [0.15, 0.2) is 0 Å².